The second-order valence-corrected chi connectivity index (χ2v) is 8.18. The van der Waals surface area contributed by atoms with Crippen LogP contribution in [-0.2, 0) is 9.59 Å². The van der Waals surface area contributed by atoms with Crippen LogP contribution in [0.5, 0.6) is 0 Å². The van der Waals surface area contributed by atoms with Crippen molar-refractivity contribution in [1.29, 1.82) is 0 Å². The predicted molar refractivity (Wildman–Crippen MR) is 112 cm³/mol. The van der Waals surface area contributed by atoms with Crippen LogP contribution in [0.1, 0.15) is 32.1 Å². The molecule has 0 atom stereocenters. The molecule has 2 amide bonds. The van der Waals surface area contributed by atoms with Crippen LogP contribution in [0.15, 0.2) is 53.4 Å². The Hall–Kier alpha value is -1.98. The third-order valence-corrected chi connectivity index (χ3v) is 5.86. The molecule has 0 spiro atoms. The van der Waals surface area contributed by atoms with Gasteiger partial charge in [0.25, 0.3) is 0 Å². The third-order valence-electron chi connectivity index (χ3n) is 4.60. The number of benzene rings is 2. The van der Waals surface area contributed by atoms with Crippen molar-refractivity contribution in [3.63, 3.8) is 0 Å². The molecule has 2 aromatic rings. The molecule has 0 unspecified atom stereocenters. The fourth-order valence-electron chi connectivity index (χ4n) is 3.12. The Morgan fingerprint density at radius 1 is 0.889 bits per heavy atom. The maximum Gasteiger partial charge on any atom is 0.234 e. The van der Waals surface area contributed by atoms with E-state index >= 15 is 0 Å². The maximum atomic E-state index is 12.3. The summed E-state index contributed by atoms with van der Waals surface area (Å²) in [6.45, 7) is 0. The maximum absolute atomic E-state index is 12.3. The molecule has 0 saturated heterocycles. The second kappa shape index (κ2) is 9.81. The highest BCUT2D eigenvalue weighted by atomic mass is 35.5. The number of anilines is 2. The summed E-state index contributed by atoms with van der Waals surface area (Å²) in [5, 5.41) is 6.48. The molecule has 2 N–H and O–H groups in total. The number of amides is 2. The number of thioether (sulfide) groups is 1. The van der Waals surface area contributed by atoms with E-state index in [1.807, 2.05) is 24.3 Å². The Morgan fingerprint density at radius 3 is 2.15 bits per heavy atom. The van der Waals surface area contributed by atoms with Crippen molar-refractivity contribution in [3.8, 4) is 0 Å². The Bertz CT molecular complexity index is 772. The van der Waals surface area contributed by atoms with Crippen molar-refractivity contribution < 1.29 is 9.59 Å². The Balaban J connectivity index is 1.45. The van der Waals surface area contributed by atoms with E-state index in [1.165, 1.54) is 18.2 Å². The van der Waals surface area contributed by atoms with Crippen LogP contribution >= 0.6 is 23.4 Å². The third kappa shape index (κ3) is 6.29. The Morgan fingerprint density at radius 2 is 1.48 bits per heavy atom. The van der Waals surface area contributed by atoms with Gasteiger partial charge in [-0.3, -0.25) is 9.59 Å². The predicted octanol–water partition coefficient (Wildman–Crippen LogP) is 5.59. The molecule has 1 aliphatic rings. The topological polar surface area (TPSA) is 58.2 Å². The number of carbonyl (C=O) groups excluding carboxylic acids is 2. The van der Waals surface area contributed by atoms with Gasteiger partial charge in [0.2, 0.25) is 11.8 Å². The normalized spacial score (nSPS) is 14.6. The molecule has 1 fully saturated rings. The van der Waals surface area contributed by atoms with E-state index in [1.54, 1.807) is 24.3 Å². The van der Waals surface area contributed by atoms with Gasteiger partial charge in [0.15, 0.2) is 0 Å². The lowest BCUT2D eigenvalue weighted by molar-refractivity contribution is -0.120. The van der Waals surface area contributed by atoms with Gasteiger partial charge in [-0.1, -0.05) is 30.9 Å². The van der Waals surface area contributed by atoms with Crippen molar-refractivity contribution in [2.24, 2.45) is 5.92 Å². The van der Waals surface area contributed by atoms with Gasteiger partial charge in [0.1, 0.15) is 0 Å². The summed E-state index contributed by atoms with van der Waals surface area (Å²) in [7, 11) is 0. The lowest BCUT2D eigenvalue weighted by Gasteiger charge is -2.20. The Kier molecular flexibility index (Phi) is 7.18. The van der Waals surface area contributed by atoms with Gasteiger partial charge in [-0.2, -0.15) is 0 Å². The zero-order chi connectivity index (χ0) is 19.1. The number of nitrogens with one attached hydrogen (secondary N) is 2. The minimum atomic E-state index is -0.0722. The van der Waals surface area contributed by atoms with Gasteiger partial charge < -0.3 is 10.6 Å². The van der Waals surface area contributed by atoms with Crippen LogP contribution in [0.2, 0.25) is 5.02 Å². The lowest BCUT2D eigenvalue weighted by atomic mass is 9.88. The molecule has 4 nitrogen and oxygen atoms in total. The van der Waals surface area contributed by atoms with Gasteiger partial charge >= 0.3 is 0 Å². The standard InChI is InChI=1S/C21H23ClN2O2S/c22-16-6-8-17(9-7-16)23-20(25)14-27-19-12-10-18(11-13-19)24-21(26)15-4-2-1-3-5-15/h6-13,15H,1-5,14H2,(H,23,25)(H,24,26). The molecule has 27 heavy (non-hydrogen) atoms. The minimum absolute atomic E-state index is 0.0722. The molecular formula is C21H23ClN2O2S. The number of hydrogen-bond donors (Lipinski definition) is 2. The van der Waals surface area contributed by atoms with Gasteiger partial charge in [-0.15, -0.1) is 11.8 Å². The zero-order valence-corrected chi connectivity index (χ0v) is 16.6. The van der Waals surface area contributed by atoms with Crippen molar-refractivity contribution >= 4 is 46.6 Å². The first kappa shape index (κ1) is 19.8. The summed E-state index contributed by atoms with van der Waals surface area (Å²) in [6.07, 6.45) is 5.50. The minimum Gasteiger partial charge on any atom is -0.326 e. The van der Waals surface area contributed by atoms with E-state index in [-0.39, 0.29) is 17.7 Å². The smallest absolute Gasteiger partial charge is 0.234 e. The van der Waals surface area contributed by atoms with Gasteiger partial charge in [0.05, 0.1) is 5.75 Å². The zero-order valence-electron chi connectivity index (χ0n) is 15.0. The quantitative estimate of drug-likeness (QED) is 0.619. The van der Waals surface area contributed by atoms with Crippen LogP contribution in [0.3, 0.4) is 0 Å². The fourth-order valence-corrected chi connectivity index (χ4v) is 3.95. The Labute approximate surface area is 169 Å². The molecule has 0 bridgehead atoms. The van der Waals surface area contributed by atoms with Gasteiger partial charge in [0, 0.05) is 27.2 Å². The van der Waals surface area contributed by atoms with Crippen LogP contribution in [0.4, 0.5) is 11.4 Å². The molecule has 0 heterocycles. The molecular weight excluding hydrogens is 380 g/mol. The van der Waals surface area contributed by atoms with E-state index in [0.717, 1.165) is 42.0 Å². The first-order valence-corrected chi connectivity index (χ1v) is 10.6. The molecule has 142 valence electrons. The second-order valence-electron chi connectivity index (χ2n) is 6.69. The van der Waals surface area contributed by atoms with Crippen molar-refractivity contribution in [1.82, 2.24) is 0 Å². The summed E-state index contributed by atoms with van der Waals surface area (Å²) < 4.78 is 0. The highest BCUT2D eigenvalue weighted by molar-refractivity contribution is 8.00. The molecule has 1 aliphatic carbocycles. The highest BCUT2D eigenvalue weighted by Crippen LogP contribution is 2.26. The molecule has 2 aromatic carbocycles. The number of rotatable bonds is 6. The summed E-state index contributed by atoms with van der Waals surface area (Å²) >= 11 is 7.29. The number of halogens is 1. The van der Waals surface area contributed by atoms with Crippen molar-refractivity contribution in [2.45, 2.75) is 37.0 Å². The monoisotopic (exact) mass is 402 g/mol. The van der Waals surface area contributed by atoms with Crippen molar-refractivity contribution in [2.75, 3.05) is 16.4 Å². The average Bonchev–Trinajstić information content (AvgIpc) is 2.70. The lowest BCUT2D eigenvalue weighted by Crippen LogP contribution is -2.24. The summed E-state index contributed by atoms with van der Waals surface area (Å²) in [5.41, 5.74) is 1.53. The fraction of sp³-hybridized carbons (Fsp3) is 0.333. The van der Waals surface area contributed by atoms with Gasteiger partial charge in [-0.05, 0) is 61.4 Å². The van der Waals surface area contributed by atoms with Gasteiger partial charge in [-0.25, -0.2) is 0 Å². The van der Waals surface area contributed by atoms with E-state index in [9.17, 15) is 9.59 Å². The number of hydrogen-bond acceptors (Lipinski definition) is 3. The SMILES string of the molecule is O=C(CSc1ccc(NC(=O)C2CCCCC2)cc1)Nc1ccc(Cl)cc1. The first-order chi connectivity index (χ1) is 13.1. The summed E-state index contributed by atoms with van der Waals surface area (Å²) in [4.78, 5) is 25.3. The van der Waals surface area contributed by atoms with Crippen LogP contribution < -0.4 is 10.6 Å². The largest absolute Gasteiger partial charge is 0.326 e. The van der Waals surface area contributed by atoms with Crippen LogP contribution in [0, 0.1) is 5.92 Å². The summed E-state index contributed by atoms with van der Waals surface area (Å²) in [6, 6.07) is 14.7. The first-order valence-electron chi connectivity index (χ1n) is 9.19. The molecule has 3 rings (SSSR count). The highest BCUT2D eigenvalue weighted by Gasteiger charge is 2.20. The van der Waals surface area contributed by atoms with E-state index in [2.05, 4.69) is 10.6 Å². The van der Waals surface area contributed by atoms with E-state index < -0.39 is 0 Å². The van der Waals surface area contributed by atoms with E-state index in [0.29, 0.717) is 10.8 Å². The van der Waals surface area contributed by atoms with Crippen LogP contribution in [-0.4, -0.2) is 17.6 Å². The molecule has 0 radical (unpaired) electrons. The summed E-state index contributed by atoms with van der Waals surface area (Å²) in [5.74, 6) is 0.509. The average molecular weight is 403 g/mol. The van der Waals surface area contributed by atoms with Crippen molar-refractivity contribution in [3.05, 3.63) is 53.6 Å². The van der Waals surface area contributed by atoms with E-state index in [4.69, 9.17) is 11.6 Å². The van der Waals surface area contributed by atoms with Crippen LogP contribution in [0.25, 0.3) is 0 Å². The molecule has 1 saturated carbocycles. The number of carbonyl (C=O) groups is 2. The molecule has 0 aromatic heterocycles. The molecule has 6 heteroatoms. The molecule has 0 aliphatic heterocycles.